The molecule has 84 valence electrons. The molecule has 0 atom stereocenters. The van der Waals surface area contributed by atoms with Crippen molar-refractivity contribution in [3.8, 4) is 11.5 Å². The highest BCUT2D eigenvalue weighted by Crippen LogP contribution is 2.18. The van der Waals surface area contributed by atoms with Gasteiger partial charge in [0, 0.05) is 6.20 Å². The van der Waals surface area contributed by atoms with Crippen molar-refractivity contribution in [1.82, 2.24) is 20.1 Å². The van der Waals surface area contributed by atoms with E-state index < -0.39 is 0 Å². The SMILES string of the molecule is C[n+]1cc2c(N)nc(-c3ccccn3)nc2[nH]1. The van der Waals surface area contributed by atoms with E-state index in [-0.39, 0.29) is 0 Å². The lowest BCUT2D eigenvalue weighted by molar-refractivity contribution is -0.724. The number of hydrogen-bond acceptors (Lipinski definition) is 4. The Bertz CT molecular complexity index is 673. The van der Waals surface area contributed by atoms with Gasteiger partial charge >= 0.3 is 0 Å². The number of fused-ring (bicyclic) bond motifs is 1. The zero-order valence-corrected chi connectivity index (χ0v) is 9.25. The predicted octanol–water partition coefficient (Wildman–Crippen LogP) is 0.427. The van der Waals surface area contributed by atoms with E-state index in [1.807, 2.05) is 31.4 Å². The zero-order valence-electron chi connectivity index (χ0n) is 9.25. The van der Waals surface area contributed by atoms with E-state index in [0.717, 1.165) is 5.39 Å². The number of H-pyrrole nitrogens is 1. The highest BCUT2D eigenvalue weighted by Gasteiger charge is 2.13. The molecule has 0 amide bonds. The van der Waals surface area contributed by atoms with Gasteiger partial charge in [-0.05, 0) is 12.1 Å². The minimum Gasteiger partial charge on any atom is -0.383 e. The number of anilines is 1. The third kappa shape index (κ3) is 1.59. The standard InChI is InChI=1S/C11H10N6/c1-17-6-7-9(12)14-11(15-10(7)16-17)8-4-2-3-5-13-8/h2-6H,1H3,(H2,12,14,15,16)/p+1. The molecule has 0 spiro atoms. The first-order valence-electron chi connectivity index (χ1n) is 5.17. The van der Waals surface area contributed by atoms with E-state index in [1.54, 1.807) is 10.9 Å². The second-order valence-corrected chi connectivity index (χ2v) is 3.76. The summed E-state index contributed by atoms with van der Waals surface area (Å²) in [6.07, 6.45) is 3.56. The summed E-state index contributed by atoms with van der Waals surface area (Å²) in [5, 5.41) is 3.88. The number of aryl methyl sites for hydroxylation is 1. The number of nitrogens with zero attached hydrogens (tertiary/aromatic N) is 4. The van der Waals surface area contributed by atoms with Gasteiger partial charge in [-0.2, -0.15) is 0 Å². The largest absolute Gasteiger partial charge is 0.383 e. The number of aromatic amines is 1. The summed E-state index contributed by atoms with van der Waals surface area (Å²) < 4.78 is 1.79. The lowest BCUT2D eigenvalue weighted by Crippen LogP contribution is -2.28. The molecular formula is C11H11N6+. The molecule has 0 fully saturated rings. The van der Waals surface area contributed by atoms with Crippen molar-refractivity contribution in [3.63, 3.8) is 0 Å². The Hall–Kier alpha value is -2.50. The highest BCUT2D eigenvalue weighted by molar-refractivity contribution is 5.85. The topological polar surface area (TPSA) is 84.4 Å². The molecule has 3 aromatic rings. The van der Waals surface area contributed by atoms with Gasteiger partial charge in [0.1, 0.15) is 16.9 Å². The molecule has 3 N–H and O–H groups in total. The predicted molar refractivity (Wildman–Crippen MR) is 62.7 cm³/mol. The summed E-state index contributed by atoms with van der Waals surface area (Å²) in [5.74, 6) is 0.977. The lowest BCUT2D eigenvalue weighted by Gasteiger charge is -1.99. The first-order chi connectivity index (χ1) is 8.24. The van der Waals surface area contributed by atoms with Crippen LogP contribution in [0.25, 0.3) is 22.6 Å². The van der Waals surface area contributed by atoms with Crippen LogP contribution in [0.1, 0.15) is 0 Å². The van der Waals surface area contributed by atoms with Crippen LogP contribution in [0.2, 0.25) is 0 Å². The van der Waals surface area contributed by atoms with Crippen molar-refractivity contribution < 1.29 is 4.68 Å². The number of aromatic nitrogens is 5. The normalized spacial score (nSPS) is 10.9. The van der Waals surface area contributed by atoms with Crippen LogP contribution >= 0.6 is 0 Å². The molecule has 3 aromatic heterocycles. The highest BCUT2D eigenvalue weighted by atomic mass is 15.3. The quantitative estimate of drug-likeness (QED) is 0.590. The van der Waals surface area contributed by atoms with Crippen LogP contribution in [0, 0.1) is 0 Å². The van der Waals surface area contributed by atoms with Gasteiger partial charge in [0.25, 0.3) is 0 Å². The minimum absolute atomic E-state index is 0.451. The van der Waals surface area contributed by atoms with Gasteiger partial charge in [-0.15, -0.1) is 9.78 Å². The fourth-order valence-electron chi connectivity index (χ4n) is 1.70. The van der Waals surface area contributed by atoms with Crippen LogP contribution in [0.15, 0.2) is 30.6 Å². The number of pyridine rings is 1. The van der Waals surface area contributed by atoms with Crippen LogP contribution in [0.5, 0.6) is 0 Å². The Morgan fingerprint density at radius 2 is 2.18 bits per heavy atom. The minimum atomic E-state index is 0.451. The second-order valence-electron chi connectivity index (χ2n) is 3.76. The maximum atomic E-state index is 5.90. The van der Waals surface area contributed by atoms with Crippen molar-refractivity contribution in [1.29, 1.82) is 0 Å². The molecule has 3 rings (SSSR count). The Morgan fingerprint density at radius 1 is 1.29 bits per heavy atom. The van der Waals surface area contributed by atoms with Crippen molar-refractivity contribution in [3.05, 3.63) is 30.6 Å². The summed E-state index contributed by atoms with van der Waals surface area (Å²) in [4.78, 5) is 12.9. The molecule has 0 unspecified atom stereocenters. The smallest absolute Gasteiger partial charge is 0.208 e. The number of nitrogen functional groups attached to an aromatic ring is 1. The van der Waals surface area contributed by atoms with Gasteiger partial charge in [0.2, 0.25) is 11.8 Å². The second kappa shape index (κ2) is 3.51. The molecule has 6 heteroatoms. The van der Waals surface area contributed by atoms with Crippen LogP contribution < -0.4 is 10.4 Å². The van der Waals surface area contributed by atoms with Crippen LogP contribution in [-0.2, 0) is 7.05 Å². The maximum Gasteiger partial charge on any atom is 0.208 e. The van der Waals surface area contributed by atoms with Crippen molar-refractivity contribution >= 4 is 16.9 Å². The number of hydrogen-bond donors (Lipinski definition) is 2. The molecule has 0 radical (unpaired) electrons. The maximum absolute atomic E-state index is 5.90. The zero-order chi connectivity index (χ0) is 11.8. The van der Waals surface area contributed by atoms with Gasteiger partial charge < -0.3 is 5.73 Å². The van der Waals surface area contributed by atoms with Gasteiger partial charge in [-0.3, -0.25) is 4.98 Å². The molecule has 0 aromatic carbocycles. The van der Waals surface area contributed by atoms with Crippen LogP contribution in [0.4, 0.5) is 5.82 Å². The Kier molecular flexibility index (Phi) is 2.01. The Balaban J connectivity index is 2.25. The molecule has 0 aliphatic heterocycles. The first-order valence-corrected chi connectivity index (χ1v) is 5.17. The van der Waals surface area contributed by atoms with E-state index in [0.29, 0.717) is 23.0 Å². The van der Waals surface area contributed by atoms with Crippen LogP contribution in [-0.4, -0.2) is 20.1 Å². The average molecular weight is 227 g/mol. The molecule has 0 saturated carbocycles. The third-order valence-corrected chi connectivity index (χ3v) is 2.47. The summed E-state index contributed by atoms with van der Waals surface area (Å²) in [6.45, 7) is 0. The fraction of sp³-hybridized carbons (Fsp3) is 0.0909. The van der Waals surface area contributed by atoms with E-state index in [4.69, 9.17) is 5.73 Å². The molecule has 0 aliphatic carbocycles. The molecule has 3 heterocycles. The molecule has 6 nitrogen and oxygen atoms in total. The summed E-state index contributed by atoms with van der Waals surface area (Å²) >= 11 is 0. The molecule has 0 bridgehead atoms. The summed E-state index contributed by atoms with van der Waals surface area (Å²) in [5.41, 5.74) is 7.31. The first kappa shape index (κ1) is 9.71. The number of nitrogens with one attached hydrogen (secondary N) is 1. The molecule has 0 aliphatic rings. The van der Waals surface area contributed by atoms with E-state index in [9.17, 15) is 0 Å². The van der Waals surface area contributed by atoms with E-state index in [1.165, 1.54) is 0 Å². The third-order valence-electron chi connectivity index (χ3n) is 2.47. The van der Waals surface area contributed by atoms with E-state index in [2.05, 4.69) is 20.1 Å². The fourth-order valence-corrected chi connectivity index (χ4v) is 1.70. The van der Waals surface area contributed by atoms with Crippen molar-refractivity contribution in [2.45, 2.75) is 0 Å². The Morgan fingerprint density at radius 3 is 2.94 bits per heavy atom. The summed E-state index contributed by atoms with van der Waals surface area (Å²) in [6, 6.07) is 5.59. The van der Waals surface area contributed by atoms with Gasteiger partial charge in [0.15, 0.2) is 12.9 Å². The number of nitrogens with two attached hydrogens (primary N) is 1. The van der Waals surface area contributed by atoms with Gasteiger partial charge in [0.05, 0.1) is 0 Å². The Labute approximate surface area is 97.1 Å². The number of rotatable bonds is 1. The molecule has 17 heavy (non-hydrogen) atoms. The molecular weight excluding hydrogens is 216 g/mol. The van der Waals surface area contributed by atoms with Crippen LogP contribution in [0.3, 0.4) is 0 Å². The average Bonchev–Trinajstić information content (AvgIpc) is 2.71. The van der Waals surface area contributed by atoms with Gasteiger partial charge in [-0.1, -0.05) is 6.07 Å². The monoisotopic (exact) mass is 227 g/mol. The molecule has 0 saturated heterocycles. The van der Waals surface area contributed by atoms with Crippen molar-refractivity contribution in [2.75, 3.05) is 5.73 Å². The van der Waals surface area contributed by atoms with Crippen molar-refractivity contribution in [2.24, 2.45) is 7.05 Å². The lowest BCUT2D eigenvalue weighted by atomic mass is 10.3. The van der Waals surface area contributed by atoms with Gasteiger partial charge in [-0.25, -0.2) is 9.97 Å². The van der Waals surface area contributed by atoms with E-state index >= 15 is 0 Å². The summed E-state index contributed by atoms with van der Waals surface area (Å²) in [7, 11) is 1.88.